The van der Waals surface area contributed by atoms with Crippen LogP contribution in [0.4, 0.5) is 0 Å². The Morgan fingerprint density at radius 2 is 1.10 bits per heavy atom. The number of esters is 2. The highest BCUT2D eigenvalue weighted by molar-refractivity contribution is 5.72. The highest BCUT2D eigenvalue weighted by Crippen LogP contribution is 2.33. The molecule has 0 radical (unpaired) electrons. The third-order valence-corrected chi connectivity index (χ3v) is 7.27. The third kappa shape index (κ3) is 11.6. The predicted molar refractivity (Wildman–Crippen MR) is 160 cm³/mol. The quantitative estimate of drug-likeness (QED) is 0.178. The molecule has 0 spiro atoms. The average molecular weight is 589 g/mol. The molecule has 0 aliphatic carbocycles. The maximum atomic E-state index is 11.8. The van der Waals surface area contributed by atoms with E-state index in [0.29, 0.717) is 17.9 Å². The van der Waals surface area contributed by atoms with Gasteiger partial charge in [-0.3, -0.25) is 9.59 Å². The molecular formula is C33H48O9. The Kier molecular flexibility index (Phi) is 14.8. The normalized spacial score (nSPS) is 14.4. The number of carbonyl (C=O) groups is 2. The Labute approximate surface area is 250 Å². The molecule has 0 amide bonds. The maximum absolute atomic E-state index is 11.8. The third-order valence-electron chi connectivity index (χ3n) is 7.27. The van der Waals surface area contributed by atoms with Gasteiger partial charge < -0.3 is 33.9 Å². The number of aliphatic hydroxyl groups is 2. The van der Waals surface area contributed by atoms with E-state index in [0.717, 1.165) is 17.5 Å². The fourth-order valence-electron chi connectivity index (χ4n) is 3.80. The first-order chi connectivity index (χ1) is 20.0. The van der Waals surface area contributed by atoms with Crippen molar-refractivity contribution in [1.29, 1.82) is 0 Å². The van der Waals surface area contributed by atoms with Crippen molar-refractivity contribution < 1.29 is 43.5 Å². The first kappa shape index (κ1) is 35.1. The van der Waals surface area contributed by atoms with E-state index in [1.807, 2.05) is 69.3 Å². The van der Waals surface area contributed by atoms with Crippen LogP contribution < -0.4 is 9.47 Å². The van der Waals surface area contributed by atoms with Gasteiger partial charge in [-0.25, -0.2) is 0 Å². The summed E-state index contributed by atoms with van der Waals surface area (Å²) in [5, 5.41) is 20.2. The summed E-state index contributed by atoms with van der Waals surface area (Å²) >= 11 is 0. The fraction of sp³-hybridized carbons (Fsp3) is 0.576. The molecule has 9 heteroatoms. The molecule has 0 bridgehead atoms. The van der Waals surface area contributed by atoms with Gasteiger partial charge in [0, 0.05) is 5.41 Å². The summed E-state index contributed by atoms with van der Waals surface area (Å²) in [4.78, 5) is 23.4. The van der Waals surface area contributed by atoms with E-state index in [4.69, 9.17) is 23.7 Å². The van der Waals surface area contributed by atoms with Gasteiger partial charge in [0.1, 0.15) is 50.1 Å². The zero-order valence-electron chi connectivity index (χ0n) is 25.8. The molecule has 0 heterocycles. The lowest BCUT2D eigenvalue weighted by Gasteiger charge is -2.26. The molecule has 234 valence electrons. The molecule has 0 aliphatic heterocycles. The number of benzene rings is 2. The van der Waals surface area contributed by atoms with Crippen molar-refractivity contribution in [2.45, 2.75) is 72.0 Å². The minimum atomic E-state index is -0.908. The number of ether oxygens (including phenoxy) is 5. The van der Waals surface area contributed by atoms with Crippen LogP contribution in [0, 0.1) is 11.8 Å². The average Bonchev–Trinajstić information content (AvgIpc) is 3.00. The van der Waals surface area contributed by atoms with Gasteiger partial charge in [-0.05, 0) is 48.2 Å². The molecule has 4 atom stereocenters. The monoisotopic (exact) mass is 588 g/mol. The predicted octanol–water partition coefficient (Wildman–Crippen LogP) is 4.69. The number of aliphatic hydroxyl groups excluding tert-OH is 2. The number of carbonyl (C=O) groups excluding carboxylic acids is 2. The molecule has 9 nitrogen and oxygen atoms in total. The van der Waals surface area contributed by atoms with Crippen molar-refractivity contribution in [2.24, 2.45) is 11.8 Å². The van der Waals surface area contributed by atoms with Crippen molar-refractivity contribution in [3.05, 3.63) is 59.7 Å². The minimum Gasteiger partial charge on any atom is -0.491 e. The van der Waals surface area contributed by atoms with E-state index in [1.165, 1.54) is 0 Å². The smallest absolute Gasteiger partial charge is 0.308 e. The van der Waals surface area contributed by atoms with Crippen molar-refractivity contribution in [1.82, 2.24) is 0 Å². The molecule has 2 aromatic rings. The van der Waals surface area contributed by atoms with Crippen LogP contribution in [-0.4, -0.2) is 74.0 Å². The molecule has 4 unspecified atom stereocenters. The van der Waals surface area contributed by atoms with Gasteiger partial charge in [0.2, 0.25) is 0 Å². The highest BCUT2D eigenvalue weighted by Gasteiger charge is 2.23. The highest BCUT2D eigenvalue weighted by atomic mass is 16.6. The summed E-state index contributed by atoms with van der Waals surface area (Å²) in [7, 11) is 0. The second-order valence-corrected chi connectivity index (χ2v) is 11.1. The van der Waals surface area contributed by atoms with Crippen LogP contribution in [0.3, 0.4) is 0 Å². The van der Waals surface area contributed by atoms with Crippen LogP contribution in [0.15, 0.2) is 48.5 Å². The summed E-state index contributed by atoms with van der Waals surface area (Å²) < 4.78 is 27.0. The first-order valence-electron chi connectivity index (χ1n) is 14.7. The molecule has 0 saturated heterocycles. The summed E-state index contributed by atoms with van der Waals surface area (Å²) in [6.45, 7) is 12.1. The van der Waals surface area contributed by atoms with Crippen LogP contribution in [0.2, 0.25) is 0 Å². The van der Waals surface area contributed by atoms with Crippen LogP contribution in [0.25, 0.3) is 0 Å². The summed E-state index contributed by atoms with van der Waals surface area (Å²) in [5.41, 5.74) is 1.86. The van der Waals surface area contributed by atoms with E-state index in [2.05, 4.69) is 13.8 Å². The lowest BCUT2D eigenvalue weighted by molar-refractivity contribution is -0.151. The Hall–Kier alpha value is -3.14. The van der Waals surface area contributed by atoms with E-state index in [9.17, 15) is 19.8 Å². The Bertz CT molecular complexity index is 1070. The number of hydrogen-bond acceptors (Lipinski definition) is 9. The van der Waals surface area contributed by atoms with Gasteiger partial charge in [0.05, 0.1) is 25.0 Å². The molecule has 0 saturated carbocycles. The first-order valence-corrected chi connectivity index (χ1v) is 14.7. The lowest BCUT2D eigenvalue weighted by Crippen LogP contribution is -2.27. The molecule has 0 aliphatic rings. The summed E-state index contributed by atoms with van der Waals surface area (Å²) in [6.07, 6.45) is -0.304. The summed E-state index contributed by atoms with van der Waals surface area (Å²) in [6, 6.07) is 15.4. The Morgan fingerprint density at radius 1 is 0.667 bits per heavy atom. The minimum absolute atomic E-state index is 0.0205. The molecular weight excluding hydrogens is 540 g/mol. The zero-order chi connectivity index (χ0) is 31.1. The van der Waals surface area contributed by atoms with Crippen molar-refractivity contribution in [3.63, 3.8) is 0 Å². The molecule has 0 fully saturated rings. The van der Waals surface area contributed by atoms with E-state index in [1.54, 1.807) is 6.92 Å². The van der Waals surface area contributed by atoms with Crippen LogP contribution in [-0.2, 0) is 29.2 Å². The van der Waals surface area contributed by atoms with Crippen molar-refractivity contribution in [2.75, 3.05) is 39.6 Å². The number of rotatable bonds is 19. The van der Waals surface area contributed by atoms with Gasteiger partial charge in [0.25, 0.3) is 0 Å². The maximum Gasteiger partial charge on any atom is 0.308 e. The van der Waals surface area contributed by atoms with Crippen molar-refractivity contribution >= 4 is 11.9 Å². The van der Waals surface area contributed by atoms with Gasteiger partial charge >= 0.3 is 11.9 Å². The van der Waals surface area contributed by atoms with E-state index >= 15 is 0 Å². The van der Waals surface area contributed by atoms with Gasteiger partial charge in [-0.1, -0.05) is 65.8 Å². The molecule has 42 heavy (non-hydrogen) atoms. The second kappa shape index (κ2) is 17.7. The van der Waals surface area contributed by atoms with Crippen molar-refractivity contribution in [3.8, 4) is 11.5 Å². The Balaban J connectivity index is 1.77. The van der Waals surface area contributed by atoms with Crippen LogP contribution in [0.1, 0.15) is 65.5 Å². The van der Waals surface area contributed by atoms with E-state index in [-0.39, 0.29) is 68.8 Å². The fourth-order valence-corrected chi connectivity index (χ4v) is 3.80. The summed E-state index contributed by atoms with van der Waals surface area (Å²) in [5.74, 6) is 0.357. The van der Waals surface area contributed by atoms with E-state index < -0.39 is 12.2 Å². The zero-order valence-corrected chi connectivity index (χ0v) is 25.8. The molecule has 0 aromatic heterocycles. The van der Waals surface area contributed by atoms with Crippen LogP contribution in [0.5, 0.6) is 11.5 Å². The number of hydrogen-bond donors (Lipinski definition) is 2. The molecule has 2 aromatic carbocycles. The largest absolute Gasteiger partial charge is 0.491 e. The molecule has 2 N–H and O–H groups in total. The molecule has 2 rings (SSSR count). The van der Waals surface area contributed by atoms with Gasteiger partial charge in [-0.15, -0.1) is 0 Å². The lowest BCUT2D eigenvalue weighted by atomic mass is 9.78. The van der Waals surface area contributed by atoms with Gasteiger partial charge in [0.15, 0.2) is 0 Å². The topological polar surface area (TPSA) is 121 Å². The van der Waals surface area contributed by atoms with Crippen LogP contribution >= 0.6 is 0 Å². The SMILES string of the molecule is CCC(C)C(=O)OCCOCC(O)COc1ccc(C(C)(C)c2ccc(OCC(O)COC(=O)C(C)CC)cc2)cc1. The Morgan fingerprint density at radius 3 is 1.55 bits per heavy atom. The standard InChI is InChI=1S/C33H48O9/c1-7-23(3)31(36)39-18-17-38-19-27(34)20-40-29-13-9-25(10-14-29)33(5,6)26-11-15-30(16-12-26)41-21-28(35)22-42-32(37)24(4)8-2/h9-16,23-24,27-28,34-35H,7-8,17-22H2,1-6H3. The second-order valence-electron chi connectivity index (χ2n) is 11.1. The van der Waals surface area contributed by atoms with Gasteiger partial charge in [-0.2, -0.15) is 0 Å².